The summed E-state index contributed by atoms with van der Waals surface area (Å²) < 4.78 is 12.8. The zero-order valence-electron chi connectivity index (χ0n) is 12.5. The van der Waals surface area contributed by atoms with Crippen molar-refractivity contribution in [2.45, 2.75) is 32.2 Å². The lowest BCUT2D eigenvalue weighted by Gasteiger charge is -2.32. The fourth-order valence-electron chi connectivity index (χ4n) is 2.54. The van der Waals surface area contributed by atoms with E-state index in [2.05, 4.69) is 17.1 Å². The molecule has 21 heavy (non-hydrogen) atoms. The van der Waals surface area contributed by atoms with Crippen LogP contribution in [0.4, 0.5) is 4.39 Å². The van der Waals surface area contributed by atoms with Crippen molar-refractivity contribution in [1.29, 1.82) is 0 Å². The molecule has 1 fully saturated rings. The van der Waals surface area contributed by atoms with Crippen LogP contribution in [0.5, 0.6) is 0 Å². The van der Waals surface area contributed by atoms with E-state index in [1.165, 1.54) is 37.5 Å². The van der Waals surface area contributed by atoms with Gasteiger partial charge in [0.25, 0.3) is 0 Å². The van der Waals surface area contributed by atoms with Crippen molar-refractivity contribution in [3.8, 4) is 0 Å². The SMILES string of the molecule is CC(CNC(=O)C=Cc1ccc(F)cc1)N1CCCCC1. The van der Waals surface area contributed by atoms with Crippen LogP contribution in [0, 0.1) is 5.82 Å². The monoisotopic (exact) mass is 290 g/mol. The Morgan fingerprint density at radius 3 is 2.62 bits per heavy atom. The zero-order valence-corrected chi connectivity index (χ0v) is 12.5. The Balaban J connectivity index is 1.75. The molecule has 0 bridgehead atoms. The summed E-state index contributed by atoms with van der Waals surface area (Å²) in [6.45, 7) is 5.06. The van der Waals surface area contributed by atoms with Crippen molar-refractivity contribution in [3.63, 3.8) is 0 Å². The number of carbonyl (C=O) groups excluding carboxylic acids is 1. The van der Waals surface area contributed by atoms with Gasteiger partial charge < -0.3 is 5.32 Å². The van der Waals surface area contributed by atoms with Crippen molar-refractivity contribution in [2.24, 2.45) is 0 Å². The molecule has 3 nitrogen and oxygen atoms in total. The second-order valence-electron chi connectivity index (χ2n) is 5.58. The quantitative estimate of drug-likeness (QED) is 0.846. The maximum Gasteiger partial charge on any atom is 0.244 e. The van der Waals surface area contributed by atoms with Gasteiger partial charge in [0.2, 0.25) is 5.91 Å². The highest BCUT2D eigenvalue weighted by molar-refractivity contribution is 5.91. The molecular weight excluding hydrogens is 267 g/mol. The van der Waals surface area contributed by atoms with Crippen molar-refractivity contribution in [2.75, 3.05) is 19.6 Å². The number of hydrogen-bond acceptors (Lipinski definition) is 2. The van der Waals surface area contributed by atoms with Crippen LogP contribution in [0.2, 0.25) is 0 Å². The Bertz CT molecular complexity index is 478. The fourth-order valence-corrected chi connectivity index (χ4v) is 2.54. The molecule has 1 N–H and O–H groups in total. The van der Waals surface area contributed by atoms with Crippen molar-refractivity contribution in [1.82, 2.24) is 10.2 Å². The molecule has 1 aliphatic heterocycles. The van der Waals surface area contributed by atoms with E-state index >= 15 is 0 Å². The van der Waals surface area contributed by atoms with Crippen molar-refractivity contribution >= 4 is 12.0 Å². The first kappa shape index (κ1) is 15.7. The number of piperidine rings is 1. The standard InChI is InChI=1S/C17H23FN2O/c1-14(20-11-3-2-4-12-20)13-19-17(21)10-7-15-5-8-16(18)9-6-15/h5-10,14H,2-4,11-13H2,1H3,(H,19,21). The van der Waals surface area contributed by atoms with Crippen LogP contribution in [0.15, 0.2) is 30.3 Å². The van der Waals surface area contributed by atoms with E-state index in [4.69, 9.17) is 0 Å². The van der Waals surface area contributed by atoms with Crippen LogP contribution >= 0.6 is 0 Å². The van der Waals surface area contributed by atoms with Gasteiger partial charge in [0.1, 0.15) is 5.82 Å². The molecule has 4 heteroatoms. The normalized spacial score (nSPS) is 17.8. The molecule has 114 valence electrons. The van der Waals surface area contributed by atoms with E-state index in [1.54, 1.807) is 18.2 Å². The molecule has 1 aliphatic rings. The van der Waals surface area contributed by atoms with Crippen LogP contribution in [0.1, 0.15) is 31.7 Å². The smallest absolute Gasteiger partial charge is 0.244 e. The highest BCUT2D eigenvalue weighted by Gasteiger charge is 2.16. The summed E-state index contributed by atoms with van der Waals surface area (Å²) >= 11 is 0. The summed E-state index contributed by atoms with van der Waals surface area (Å²) in [5.41, 5.74) is 0.815. The third-order valence-corrected chi connectivity index (χ3v) is 3.88. The molecule has 1 unspecified atom stereocenters. The van der Waals surface area contributed by atoms with Gasteiger partial charge in [-0.25, -0.2) is 4.39 Å². The third-order valence-electron chi connectivity index (χ3n) is 3.88. The number of rotatable bonds is 5. The second-order valence-corrected chi connectivity index (χ2v) is 5.58. The van der Waals surface area contributed by atoms with Crippen molar-refractivity contribution < 1.29 is 9.18 Å². The average molecular weight is 290 g/mol. The van der Waals surface area contributed by atoms with Crippen LogP contribution < -0.4 is 5.32 Å². The van der Waals surface area contributed by atoms with E-state index < -0.39 is 0 Å². The number of amides is 1. The molecule has 1 aromatic carbocycles. The van der Waals surface area contributed by atoms with Crippen LogP contribution in [-0.4, -0.2) is 36.5 Å². The summed E-state index contributed by atoms with van der Waals surface area (Å²) in [5.74, 6) is -0.379. The minimum Gasteiger partial charge on any atom is -0.351 e. The van der Waals surface area contributed by atoms with Gasteiger partial charge in [-0.2, -0.15) is 0 Å². The lowest BCUT2D eigenvalue weighted by molar-refractivity contribution is -0.116. The van der Waals surface area contributed by atoms with Gasteiger partial charge in [-0.15, -0.1) is 0 Å². The maximum absolute atomic E-state index is 12.8. The predicted octanol–water partition coefficient (Wildman–Crippen LogP) is 2.83. The molecule has 1 atom stereocenters. The molecule has 1 saturated heterocycles. The number of carbonyl (C=O) groups is 1. The minimum absolute atomic E-state index is 0.108. The Kier molecular flexibility index (Phi) is 5.93. The topological polar surface area (TPSA) is 32.3 Å². The highest BCUT2D eigenvalue weighted by atomic mass is 19.1. The Labute approximate surface area is 125 Å². The van der Waals surface area contributed by atoms with E-state index in [0.29, 0.717) is 12.6 Å². The molecule has 0 spiro atoms. The van der Waals surface area contributed by atoms with Gasteiger partial charge in [-0.1, -0.05) is 18.6 Å². The minimum atomic E-state index is -0.271. The molecule has 0 aromatic heterocycles. The van der Waals surface area contributed by atoms with Gasteiger partial charge >= 0.3 is 0 Å². The lowest BCUT2D eigenvalue weighted by Crippen LogP contribution is -2.44. The molecule has 1 amide bonds. The van der Waals surface area contributed by atoms with Crippen LogP contribution in [-0.2, 0) is 4.79 Å². The summed E-state index contributed by atoms with van der Waals surface area (Å²) in [7, 11) is 0. The molecule has 0 saturated carbocycles. The Morgan fingerprint density at radius 1 is 1.29 bits per heavy atom. The summed E-state index contributed by atoms with van der Waals surface area (Å²) in [5, 5.41) is 2.92. The largest absolute Gasteiger partial charge is 0.351 e. The number of hydrogen-bond donors (Lipinski definition) is 1. The summed E-state index contributed by atoms with van der Waals surface area (Å²) in [4.78, 5) is 14.2. The summed E-state index contributed by atoms with van der Waals surface area (Å²) in [6, 6.07) is 6.44. The third kappa shape index (κ3) is 5.31. The fraction of sp³-hybridized carbons (Fsp3) is 0.471. The van der Waals surface area contributed by atoms with E-state index in [0.717, 1.165) is 18.7 Å². The van der Waals surface area contributed by atoms with Gasteiger partial charge in [0.15, 0.2) is 0 Å². The number of benzene rings is 1. The maximum atomic E-state index is 12.8. The molecule has 1 aromatic rings. The van der Waals surface area contributed by atoms with E-state index in [9.17, 15) is 9.18 Å². The van der Waals surface area contributed by atoms with Crippen molar-refractivity contribution in [3.05, 3.63) is 41.7 Å². The lowest BCUT2D eigenvalue weighted by atomic mass is 10.1. The number of nitrogens with zero attached hydrogens (tertiary/aromatic N) is 1. The highest BCUT2D eigenvalue weighted by Crippen LogP contribution is 2.11. The summed E-state index contributed by atoms with van der Waals surface area (Å²) in [6.07, 6.45) is 7.01. The average Bonchev–Trinajstić information content (AvgIpc) is 2.53. The Hall–Kier alpha value is -1.68. The predicted molar refractivity (Wildman–Crippen MR) is 83.3 cm³/mol. The Morgan fingerprint density at radius 2 is 1.95 bits per heavy atom. The second kappa shape index (κ2) is 7.93. The first-order valence-electron chi connectivity index (χ1n) is 7.60. The molecule has 0 radical (unpaired) electrons. The van der Waals surface area contributed by atoms with Gasteiger partial charge in [0.05, 0.1) is 0 Å². The van der Waals surface area contributed by atoms with Gasteiger partial charge in [-0.3, -0.25) is 9.69 Å². The van der Waals surface area contributed by atoms with Crippen LogP contribution in [0.25, 0.3) is 6.08 Å². The number of nitrogens with one attached hydrogen (secondary N) is 1. The molecule has 1 heterocycles. The molecule has 2 rings (SSSR count). The van der Waals surface area contributed by atoms with E-state index in [-0.39, 0.29) is 11.7 Å². The zero-order chi connectivity index (χ0) is 15.1. The molecule has 0 aliphatic carbocycles. The number of halogens is 1. The number of likely N-dealkylation sites (tertiary alicyclic amines) is 1. The first-order chi connectivity index (χ1) is 10.1. The van der Waals surface area contributed by atoms with Gasteiger partial charge in [-0.05, 0) is 56.6 Å². The first-order valence-corrected chi connectivity index (χ1v) is 7.60. The van der Waals surface area contributed by atoms with Gasteiger partial charge in [0, 0.05) is 18.7 Å². The van der Waals surface area contributed by atoms with E-state index in [1.807, 2.05) is 0 Å². The molecular formula is C17H23FN2O. The van der Waals surface area contributed by atoms with Crippen LogP contribution in [0.3, 0.4) is 0 Å².